The molecule has 15 heteroatoms. The van der Waals surface area contributed by atoms with E-state index < -0.39 is 24.0 Å². The number of esters is 6. The van der Waals surface area contributed by atoms with Gasteiger partial charge in [-0.1, -0.05) is 246 Å². The molecule has 6 aromatic rings. The maximum Gasteiger partial charge on any atom is 0.330 e. The lowest BCUT2D eigenvalue weighted by Crippen LogP contribution is -2.30. The molecule has 566 valence electrons. The van der Waals surface area contributed by atoms with Crippen LogP contribution in [-0.2, 0) is 57.2 Å². The molecule has 0 atom stereocenters. The van der Waals surface area contributed by atoms with E-state index in [2.05, 4.69) is 57.2 Å². The first-order valence-electron chi connectivity index (χ1n) is 39.0. The van der Waals surface area contributed by atoms with Crippen LogP contribution in [0.4, 0.5) is 0 Å². The lowest BCUT2D eigenvalue weighted by Gasteiger charge is -2.18. The predicted molar refractivity (Wildman–Crippen MR) is 419 cm³/mol. The Morgan fingerprint density at radius 2 is 0.505 bits per heavy atom. The number of hydrogen-bond acceptors (Lipinski definition) is 15. The van der Waals surface area contributed by atoms with Crippen molar-refractivity contribution < 1.29 is 71.4 Å². The third kappa shape index (κ3) is 38.4. The van der Waals surface area contributed by atoms with Crippen molar-refractivity contribution >= 4 is 54.0 Å². The first-order chi connectivity index (χ1) is 51.5. The molecule has 0 amide bonds. The second-order valence-electron chi connectivity index (χ2n) is 26.7. The highest BCUT2D eigenvalue weighted by Crippen LogP contribution is 2.27. The van der Waals surface area contributed by atoms with Gasteiger partial charge < -0.3 is 42.6 Å². The van der Waals surface area contributed by atoms with Crippen LogP contribution < -0.4 is 14.2 Å². The Labute approximate surface area is 625 Å². The van der Waals surface area contributed by atoms with Crippen LogP contribution in [-0.4, -0.2) is 94.8 Å². The van der Waals surface area contributed by atoms with Gasteiger partial charge in [-0.15, -0.1) is 0 Å². The fourth-order valence-electron chi connectivity index (χ4n) is 11.4. The van der Waals surface area contributed by atoms with Crippen molar-refractivity contribution in [1.29, 1.82) is 0 Å². The smallest absolute Gasteiger partial charge is 0.330 e. The molecule has 0 aliphatic rings. The molecule has 105 heavy (non-hydrogen) atoms. The Bertz CT molecular complexity index is 3310. The Morgan fingerprint density at radius 1 is 0.267 bits per heavy atom. The fraction of sp³-hybridized carbons (Fsp3) is 0.467. The molecule has 0 N–H and O–H groups in total. The summed E-state index contributed by atoms with van der Waals surface area (Å²) in [6.45, 7) is 9.22. The van der Waals surface area contributed by atoms with Gasteiger partial charge in [0.05, 0.1) is 39.6 Å². The van der Waals surface area contributed by atoms with Crippen LogP contribution in [0, 0.1) is 0 Å². The summed E-state index contributed by atoms with van der Waals surface area (Å²) in [4.78, 5) is 76.1. The Hall–Kier alpha value is -9.24. The zero-order valence-corrected chi connectivity index (χ0v) is 62.9. The quantitative estimate of drug-likeness (QED) is 0.0152. The minimum atomic E-state index is -0.927. The number of ether oxygens (including phenoxy) is 9. The van der Waals surface area contributed by atoms with Crippen molar-refractivity contribution in [3.05, 3.63) is 181 Å². The third-order valence-corrected chi connectivity index (χ3v) is 17.8. The molecule has 0 unspecified atom stereocenters. The average Bonchev–Trinajstić information content (AvgIpc) is 0.869. The Balaban J connectivity index is 0.801. The molecule has 0 saturated carbocycles. The topological polar surface area (TPSA) is 185 Å². The largest absolute Gasteiger partial charge is 0.494 e. The van der Waals surface area contributed by atoms with Crippen molar-refractivity contribution in [3.8, 4) is 50.6 Å². The summed E-state index contributed by atoms with van der Waals surface area (Å²) < 4.78 is 50.6. The summed E-state index contributed by atoms with van der Waals surface area (Å²) in [6.07, 6.45) is 34.1. The van der Waals surface area contributed by atoms with E-state index in [4.69, 9.17) is 42.6 Å². The van der Waals surface area contributed by atoms with Gasteiger partial charge in [-0.2, -0.15) is 0 Å². The maximum atomic E-state index is 13.1. The minimum Gasteiger partial charge on any atom is -0.494 e. The number of hydrogen-bond donors (Lipinski definition) is 0. The van der Waals surface area contributed by atoms with Crippen LogP contribution in [0.3, 0.4) is 0 Å². The van der Waals surface area contributed by atoms with Crippen LogP contribution in [0.5, 0.6) is 17.2 Å². The summed E-state index contributed by atoms with van der Waals surface area (Å²) >= 11 is 0. The summed E-state index contributed by atoms with van der Waals surface area (Å²) in [5, 5.41) is 0. The van der Waals surface area contributed by atoms with E-state index in [1.54, 1.807) is 18.2 Å². The zero-order chi connectivity index (χ0) is 74.4. The minimum absolute atomic E-state index is 0.187. The molecular weight excluding hydrogens is 1320 g/mol. The molecule has 0 radical (unpaired) electrons. The van der Waals surface area contributed by atoms with Crippen LogP contribution >= 0.6 is 0 Å². The highest BCUT2D eigenvalue weighted by atomic mass is 16.6. The van der Waals surface area contributed by atoms with Crippen LogP contribution in [0.15, 0.2) is 164 Å². The van der Waals surface area contributed by atoms with E-state index >= 15 is 0 Å². The first-order valence-corrected chi connectivity index (χ1v) is 39.0. The summed E-state index contributed by atoms with van der Waals surface area (Å²) in [7, 11) is 0. The number of carbonyl (C=O) groups is 6. The van der Waals surface area contributed by atoms with E-state index in [-0.39, 0.29) is 50.4 Å². The highest BCUT2D eigenvalue weighted by Gasteiger charge is 2.20. The first kappa shape index (κ1) is 84.7. The van der Waals surface area contributed by atoms with Gasteiger partial charge in [-0.25, -0.2) is 14.4 Å². The maximum absolute atomic E-state index is 13.1. The number of rotatable bonds is 56. The van der Waals surface area contributed by atoms with Crippen molar-refractivity contribution in [2.75, 3.05) is 52.9 Å². The number of carbonyl (C=O) groups excluding carboxylic acids is 6. The molecule has 0 aliphatic carbocycles. The lowest BCUT2D eigenvalue weighted by molar-refractivity contribution is -0.167. The molecule has 0 saturated heterocycles. The monoisotopic (exact) mass is 1440 g/mol. The summed E-state index contributed by atoms with van der Waals surface area (Å²) in [5.41, 5.74) is 9.26. The standard InChI is InChI=1S/C90H116O15/c1-4-7-64-97-81-55-49-78(50-56-81)75-43-34-72(35-44-75)40-61-87(93)100-67-28-22-16-10-13-19-25-31-85(91)103-70-84(105-90(96)33-27-21-15-12-18-24-30-69-102-89(95)63-42-74-38-47-77(48-39-74)80-53-59-83(60-54-80)99-66-9-6-3)71-104-86(92)32-26-20-14-11-17-23-29-68-101-88(94)62-41-73-36-45-76(46-37-73)79-51-57-82(58-52-79)98-65-8-5-2/h34-63,84H,4-33,64-71H2,1-3H3/b61-40+,62-41+,63-42+. The molecule has 6 aromatic carbocycles. The van der Waals surface area contributed by atoms with E-state index in [1.165, 1.54) is 18.2 Å². The number of benzene rings is 6. The Kier molecular flexibility index (Phi) is 43.2. The second kappa shape index (κ2) is 53.5. The van der Waals surface area contributed by atoms with Gasteiger partial charge >= 0.3 is 35.8 Å². The van der Waals surface area contributed by atoms with Crippen LogP contribution in [0.25, 0.3) is 51.6 Å². The van der Waals surface area contributed by atoms with Gasteiger partial charge in [0, 0.05) is 37.5 Å². The normalized spacial score (nSPS) is 11.3. The summed E-state index contributed by atoms with van der Waals surface area (Å²) in [5.74, 6) is 0.256. The van der Waals surface area contributed by atoms with Gasteiger partial charge in [0.1, 0.15) is 30.5 Å². The zero-order valence-electron chi connectivity index (χ0n) is 62.9. The van der Waals surface area contributed by atoms with Gasteiger partial charge in [-0.3, -0.25) is 14.4 Å². The molecule has 0 spiro atoms. The van der Waals surface area contributed by atoms with E-state index in [1.807, 2.05) is 109 Å². The van der Waals surface area contributed by atoms with Crippen molar-refractivity contribution in [2.24, 2.45) is 0 Å². The number of unbranched alkanes of at least 4 members (excludes halogenated alkanes) is 21. The second-order valence-corrected chi connectivity index (χ2v) is 26.7. The Morgan fingerprint density at radius 3 is 0.771 bits per heavy atom. The average molecular weight is 1440 g/mol. The van der Waals surface area contributed by atoms with Crippen molar-refractivity contribution in [2.45, 2.75) is 219 Å². The summed E-state index contributed by atoms with van der Waals surface area (Å²) in [6, 6.07) is 48.3. The van der Waals surface area contributed by atoms with Crippen LogP contribution in [0.2, 0.25) is 0 Å². The molecule has 15 nitrogen and oxygen atoms in total. The molecular formula is C90H116O15. The van der Waals surface area contributed by atoms with Crippen molar-refractivity contribution in [3.63, 3.8) is 0 Å². The lowest BCUT2D eigenvalue weighted by atomic mass is 10.0. The molecule has 6 rings (SSSR count). The van der Waals surface area contributed by atoms with Crippen molar-refractivity contribution in [1.82, 2.24) is 0 Å². The molecule has 0 aromatic heterocycles. The van der Waals surface area contributed by atoms with E-state index in [9.17, 15) is 28.8 Å². The van der Waals surface area contributed by atoms with Gasteiger partial charge in [0.2, 0.25) is 0 Å². The molecule has 0 bridgehead atoms. The molecule has 0 fully saturated rings. The highest BCUT2D eigenvalue weighted by molar-refractivity contribution is 5.88. The van der Waals surface area contributed by atoms with Crippen LogP contribution in [0.1, 0.15) is 230 Å². The molecule has 0 heterocycles. The fourth-order valence-corrected chi connectivity index (χ4v) is 11.4. The van der Waals surface area contributed by atoms with Gasteiger partial charge in [0.25, 0.3) is 0 Å². The van der Waals surface area contributed by atoms with E-state index in [0.29, 0.717) is 45.7 Å². The molecule has 0 aliphatic heterocycles. The third-order valence-electron chi connectivity index (χ3n) is 17.8. The van der Waals surface area contributed by atoms with Gasteiger partial charge in [-0.05, 0) is 162 Å². The van der Waals surface area contributed by atoms with E-state index in [0.717, 1.165) is 235 Å². The predicted octanol–water partition coefficient (Wildman–Crippen LogP) is 21.7. The van der Waals surface area contributed by atoms with Gasteiger partial charge in [0.15, 0.2) is 6.10 Å². The SMILES string of the molecule is CCCCOc1ccc(-c2ccc(/C=C/C(=O)OCCCCCCCCCC(=O)OCC(COC(=O)CCCCCCCCCOC(=O)/C=C/c3ccc(-c4ccc(OCCCC)cc4)cc3)OC(=O)CCCCCCCCCOC(=O)/C=C/c3ccc(-c4ccc(OCCCC)cc4)cc3)cc2)cc1.